The summed E-state index contributed by atoms with van der Waals surface area (Å²) < 4.78 is 2.39. The van der Waals surface area contributed by atoms with Gasteiger partial charge in [-0.25, -0.2) is 0 Å². The van der Waals surface area contributed by atoms with Crippen molar-refractivity contribution in [1.82, 2.24) is 4.57 Å². The summed E-state index contributed by atoms with van der Waals surface area (Å²) in [4.78, 5) is 8.70. The summed E-state index contributed by atoms with van der Waals surface area (Å²) in [5, 5.41) is 0. The fraction of sp³-hybridized carbons (Fsp3) is 0.320. The topological polar surface area (TPSA) is 23.8 Å². The fourth-order valence-electron chi connectivity index (χ4n) is 4.65. The van der Waals surface area contributed by atoms with Crippen LogP contribution in [0.5, 0.6) is 0 Å². The van der Waals surface area contributed by atoms with Crippen molar-refractivity contribution < 1.29 is 0 Å². The standard InChI is InChI=1S/C25H28N4/c1-19-5-7-20(8-6-19)21-15-23-18-28(14-11-26-2)24-10-9-22(27-12-3-4-13-27)16-25(24)29(23)17-21/h5,7,9-11,14-17H,2-4,6,8,12-13,18H2,1H3/b14-11-. The van der Waals surface area contributed by atoms with Crippen LogP contribution in [-0.2, 0) is 6.54 Å². The van der Waals surface area contributed by atoms with Gasteiger partial charge in [0.1, 0.15) is 0 Å². The number of hydrogen-bond acceptors (Lipinski definition) is 3. The molecule has 4 heteroatoms. The normalized spacial score (nSPS) is 18.5. The van der Waals surface area contributed by atoms with Gasteiger partial charge in [-0.1, -0.05) is 17.7 Å². The number of fused-ring (bicyclic) bond motifs is 3. The van der Waals surface area contributed by atoms with Crippen LogP contribution in [0.4, 0.5) is 11.4 Å². The highest BCUT2D eigenvalue weighted by atomic mass is 15.2. The molecule has 1 aliphatic carbocycles. The third-order valence-electron chi connectivity index (χ3n) is 6.31. The molecule has 29 heavy (non-hydrogen) atoms. The van der Waals surface area contributed by atoms with Gasteiger partial charge in [-0.3, -0.25) is 4.99 Å². The van der Waals surface area contributed by atoms with E-state index in [-0.39, 0.29) is 0 Å². The van der Waals surface area contributed by atoms with E-state index in [9.17, 15) is 0 Å². The van der Waals surface area contributed by atoms with Crippen molar-refractivity contribution in [3.8, 4) is 5.69 Å². The first kappa shape index (κ1) is 18.0. The first-order chi connectivity index (χ1) is 14.2. The van der Waals surface area contributed by atoms with Gasteiger partial charge in [0.25, 0.3) is 0 Å². The Morgan fingerprint density at radius 3 is 2.66 bits per heavy atom. The van der Waals surface area contributed by atoms with Crippen LogP contribution in [-0.4, -0.2) is 24.4 Å². The molecule has 148 valence electrons. The van der Waals surface area contributed by atoms with Crippen LogP contribution in [0.15, 0.2) is 65.6 Å². The van der Waals surface area contributed by atoms with Crippen molar-refractivity contribution in [1.29, 1.82) is 0 Å². The van der Waals surface area contributed by atoms with E-state index in [1.54, 1.807) is 6.20 Å². The van der Waals surface area contributed by atoms with E-state index < -0.39 is 0 Å². The molecular formula is C25H28N4. The molecule has 1 fully saturated rings. The van der Waals surface area contributed by atoms with Crippen LogP contribution in [0.1, 0.15) is 43.9 Å². The molecule has 1 aromatic heterocycles. The largest absolute Gasteiger partial charge is 0.371 e. The van der Waals surface area contributed by atoms with Crippen LogP contribution >= 0.6 is 0 Å². The van der Waals surface area contributed by atoms with Crippen LogP contribution in [0.2, 0.25) is 0 Å². The zero-order valence-corrected chi connectivity index (χ0v) is 17.1. The van der Waals surface area contributed by atoms with Gasteiger partial charge in [-0.15, -0.1) is 0 Å². The highest BCUT2D eigenvalue weighted by molar-refractivity contribution is 5.75. The van der Waals surface area contributed by atoms with E-state index in [0.29, 0.717) is 0 Å². The minimum absolute atomic E-state index is 0.838. The average Bonchev–Trinajstić information content (AvgIpc) is 3.42. The van der Waals surface area contributed by atoms with E-state index in [1.807, 2.05) is 6.20 Å². The van der Waals surface area contributed by atoms with Gasteiger partial charge in [0.05, 0.1) is 17.9 Å². The Kier molecular flexibility index (Phi) is 4.62. The number of hydrogen-bond donors (Lipinski definition) is 0. The zero-order chi connectivity index (χ0) is 19.8. The number of nitrogens with zero attached hydrogens (tertiary/aromatic N) is 4. The van der Waals surface area contributed by atoms with Crippen molar-refractivity contribution in [3.05, 3.63) is 71.8 Å². The zero-order valence-electron chi connectivity index (χ0n) is 17.1. The van der Waals surface area contributed by atoms with Crippen molar-refractivity contribution in [2.24, 2.45) is 4.99 Å². The van der Waals surface area contributed by atoms with E-state index in [1.165, 1.54) is 52.3 Å². The molecule has 0 N–H and O–H groups in total. The molecule has 5 rings (SSSR count). The molecule has 1 aromatic carbocycles. The van der Waals surface area contributed by atoms with Crippen molar-refractivity contribution in [2.45, 2.75) is 39.2 Å². The Balaban J connectivity index is 1.59. The second kappa shape index (κ2) is 7.43. The highest BCUT2D eigenvalue weighted by Gasteiger charge is 2.24. The number of aromatic nitrogens is 1. The molecule has 1 saturated heterocycles. The Labute approximate surface area is 173 Å². The van der Waals surface area contributed by atoms with E-state index >= 15 is 0 Å². The molecule has 0 unspecified atom stereocenters. The molecule has 0 spiro atoms. The predicted octanol–water partition coefficient (Wildman–Crippen LogP) is 5.69. The molecule has 0 radical (unpaired) electrons. The molecular weight excluding hydrogens is 356 g/mol. The Hall–Kier alpha value is -3.01. The summed E-state index contributed by atoms with van der Waals surface area (Å²) >= 11 is 0. The molecule has 3 aliphatic rings. The predicted molar refractivity (Wildman–Crippen MR) is 123 cm³/mol. The van der Waals surface area contributed by atoms with E-state index in [0.717, 1.165) is 32.5 Å². The van der Waals surface area contributed by atoms with Crippen molar-refractivity contribution in [2.75, 3.05) is 22.9 Å². The van der Waals surface area contributed by atoms with Crippen LogP contribution < -0.4 is 9.80 Å². The molecule has 2 aliphatic heterocycles. The van der Waals surface area contributed by atoms with Gasteiger partial charge >= 0.3 is 0 Å². The third-order valence-corrected chi connectivity index (χ3v) is 6.31. The maximum absolute atomic E-state index is 3.92. The van der Waals surface area contributed by atoms with Crippen LogP contribution in [0.3, 0.4) is 0 Å². The summed E-state index contributed by atoms with van der Waals surface area (Å²) in [7, 11) is 0. The highest BCUT2D eigenvalue weighted by Crippen LogP contribution is 2.38. The van der Waals surface area contributed by atoms with Crippen LogP contribution in [0, 0.1) is 0 Å². The lowest BCUT2D eigenvalue weighted by atomic mass is 9.95. The van der Waals surface area contributed by atoms with Crippen molar-refractivity contribution in [3.63, 3.8) is 0 Å². The minimum atomic E-state index is 0.838. The molecule has 3 heterocycles. The van der Waals surface area contributed by atoms with E-state index in [4.69, 9.17) is 0 Å². The maximum atomic E-state index is 3.92. The SMILES string of the molecule is C=N/C=C\N1Cc2cc(C3=CC=C(C)CC3)cn2-c2cc(N3CCCC3)ccc21. The van der Waals surface area contributed by atoms with Gasteiger partial charge in [0.15, 0.2) is 0 Å². The molecule has 0 atom stereocenters. The van der Waals surface area contributed by atoms with Gasteiger partial charge < -0.3 is 14.4 Å². The van der Waals surface area contributed by atoms with Gasteiger partial charge in [0, 0.05) is 43.1 Å². The number of anilines is 2. The average molecular weight is 385 g/mol. The smallest absolute Gasteiger partial charge is 0.0712 e. The van der Waals surface area contributed by atoms with Crippen LogP contribution in [0.25, 0.3) is 11.3 Å². The van der Waals surface area contributed by atoms with E-state index in [2.05, 4.69) is 75.6 Å². The summed E-state index contributed by atoms with van der Waals surface area (Å²) in [6, 6.07) is 9.23. The molecule has 0 bridgehead atoms. The number of benzene rings is 1. The lowest BCUT2D eigenvalue weighted by molar-refractivity contribution is 0.824. The third kappa shape index (κ3) is 3.33. The number of aliphatic imine (C=N–C) groups is 1. The summed E-state index contributed by atoms with van der Waals surface area (Å²) in [5.41, 5.74) is 9.34. The first-order valence-electron chi connectivity index (χ1n) is 10.6. The molecule has 2 aromatic rings. The van der Waals surface area contributed by atoms with Gasteiger partial charge in [0.2, 0.25) is 0 Å². The monoisotopic (exact) mass is 384 g/mol. The maximum Gasteiger partial charge on any atom is 0.0712 e. The number of rotatable bonds is 4. The van der Waals surface area contributed by atoms with Gasteiger partial charge in [-0.2, -0.15) is 0 Å². The first-order valence-corrected chi connectivity index (χ1v) is 10.6. The lowest BCUT2D eigenvalue weighted by Crippen LogP contribution is -2.25. The lowest BCUT2D eigenvalue weighted by Gasteiger charge is -2.31. The van der Waals surface area contributed by atoms with Gasteiger partial charge in [-0.05, 0) is 74.7 Å². The summed E-state index contributed by atoms with van der Waals surface area (Å²) in [5.74, 6) is 0. The molecule has 4 nitrogen and oxygen atoms in total. The molecule has 0 amide bonds. The second-order valence-electron chi connectivity index (χ2n) is 8.27. The van der Waals surface area contributed by atoms with Crippen molar-refractivity contribution >= 4 is 23.7 Å². The molecule has 0 saturated carbocycles. The number of allylic oxidation sites excluding steroid dienone is 4. The Bertz CT molecular complexity index is 1030. The minimum Gasteiger partial charge on any atom is -0.371 e. The summed E-state index contributed by atoms with van der Waals surface area (Å²) in [6.07, 6.45) is 15.5. The fourth-order valence-corrected chi connectivity index (χ4v) is 4.65. The quantitative estimate of drug-likeness (QED) is 0.632. The summed E-state index contributed by atoms with van der Waals surface area (Å²) in [6.45, 7) is 8.96. The second-order valence-corrected chi connectivity index (χ2v) is 8.27. The Morgan fingerprint density at radius 1 is 1.03 bits per heavy atom. The Morgan fingerprint density at radius 2 is 1.90 bits per heavy atom.